The van der Waals surface area contributed by atoms with Gasteiger partial charge in [0.2, 0.25) is 0 Å². The van der Waals surface area contributed by atoms with E-state index in [9.17, 15) is 4.79 Å². The van der Waals surface area contributed by atoms with Crippen LogP contribution >= 0.6 is 0 Å². The van der Waals surface area contributed by atoms with E-state index in [4.69, 9.17) is 9.84 Å². The van der Waals surface area contributed by atoms with E-state index in [1.807, 2.05) is 0 Å². The number of hydrogen-bond donors (Lipinski definition) is 2. The monoisotopic (exact) mass is 187 g/mol. The Hall–Kier alpha value is -0.770. The number of hydrogen-bond acceptors (Lipinski definition) is 2. The van der Waals surface area contributed by atoms with Crippen molar-refractivity contribution >= 4 is 6.09 Å². The molecule has 0 unspecified atom stereocenters. The molecule has 2 N–H and O–H groups in total. The Labute approximate surface area is 78.3 Å². The van der Waals surface area contributed by atoms with E-state index in [-0.39, 0.29) is 6.04 Å². The van der Waals surface area contributed by atoms with Gasteiger partial charge in [0.25, 0.3) is 0 Å². The fourth-order valence-corrected chi connectivity index (χ4v) is 1.88. The summed E-state index contributed by atoms with van der Waals surface area (Å²) in [5.74, 6) is 0.622. The maximum atomic E-state index is 10.3. The fourth-order valence-electron chi connectivity index (χ4n) is 1.88. The van der Waals surface area contributed by atoms with E-state index in [0.29, 0.717) is 5.92 Å². The van der Waals surface area contributed by atoms with Crippen molar-refractivity contribution in [2.75, 3.05) is 13.7 Å². The highest BCUT2D eigenvalue weighted by atomic mass is 16.5. The fraction of sp³-hybridized carbons (Fsp3) is 0.889. The molecule has 1 aliphatic carbocycles. The summed E-state index contributed by atoms with van der Waals surface area (Å²) in [7, 11) is 1.71. The molecule has 0 radical (unpaired) electrons. The number of methoxy groups -OCH3 is 1. The molecule has 0 aromatic rings. The van der Waals surface area contributed by atoms with Gasteiger partial charge >= 0.3 is 6.09 Å². The zero-order valence-electron chi connectivity index (χ0n) is 7.95. The molecule has 13 heavy (non-hydrogen) atoms. The Balaban J connectivity index is 2.18. The van der Waals surface area contributed by atoms with Gasteiger partial charge in [0.15, 0.2) is 0 Å². The minimum atomic E-state index is -0.907. The minimum Gasteiger partial charge on any atom is -0.465 e. The van der Waals surface area contributed by atoms with Crippen molar-refractivity contribution in [3.8, 4) is 0 Å². The van der Waals surface area contributed by atoms with Crippen molar-refractivity contribution < 1.29 is 14.6 Å². The molecule has 1 fully saturated rings. The van der Waals surface area contributed by atoms with Crippen LogP contribution in [0.1, 0.15) is 25.7 Å². The molecule has 0 bridgehead atoms. The summed E-state index contributed by atoms with van der Waals surface area (Å²) in [6.07, 6.45) is 3.12. The van der Waals surface area contributed by atoms with E-state index < -0.39 is 6.09 Å². The van der Waals surface area contributed by atoms with Crippen molar-refractivity contribution in [1.29, 1.82) is 0 Å². The van der Waals surface area contributed by atoms with Crippen LogP contribution in [0.25, 0.3) is 0 Å². The highest BCUT2D eigenvalue weighted by Gasteiger charge is 2.21. The first-order valence-electron chi connectivity index (χ1n) is 4.70. The molecule has 0 spiro atoms. The standard InChI is InChI=1S/C9H17NO3/c1-13-6-7-2-4-8(5-3-7)10-9(11)12/h7-8,10H,2-6H2,1H3,(H,11,12). The number of carboxylic acid groups (broad SMARTS) is 1. The van der Waals surface area contributed by atoms with E-state index in [1.54, 1.807) is 7.11 Å². The SMILES string of the molecule is COCC1CCC(NC(=O)O)CC1. The van der Waals surface area contributed by atoms with Gasteiger partial charge in [0.05, 0.1) is 0 Å². The van der Waals surface area contributed by atoms with Crippen LogP contribution < -0.4 is 5.32 Å². The van der Waals surface area contributed by atoms with Crippen molar-refractivity contribution in [2.45, 2.75) is 31.7 Å². The lowest BCUT2D eigenvalue weighted by Gasteiger charge is -2.27. The molecule has 1 rings (SSSR count). The summed E-state index contributed by atoms with van der Waals surface area (Å²) in [5.41, 5.74) is 0. The van der Waals surface area contributed by atoms with Crippen LogP contribution in [0.15, 0.2) is 0 Å². The van der Waals surface area contributed by atoms with E-state index in [2.05, 4.69) is 5.32 Å². The second-order valence-corrected chi connectivity index (χ2v) is 3.62. The Morgan fingerprint density at radius 1 is 1.46 bits per heavy atom. The average Bonchev–Trinajstić information content (AvgIpc) is 2.08. The summed E-state index contributed by atoms with van der Waals surface area (Å²) in [4.78, 5) is 10.3. The molecular weight excluding hydrogens is 170 g/mol. The van der Waals surface area contributed by atoms with Crippen molar-refractivity contribution in [3.05, 3.63) is 0 Å². The zero-order valence-corrected chi connectivity index (χ0v) is 7.95. The van der Waals surface area contributed by atoms with E-state index in [0.717, 1.165) is 32.3 Å². The summed E-state index contributed by atoms with van der Waals surface area (Å²) in [5, 5.41) is 11.0. The number of carbonyl (C=O) groups is 1. The summed E-state index contributed by atoms with van der Waals surface area (Å²) in [6.45, 7) is 0.805. The molecule has 4 heteroatoms. The molecule has 1 amide bonds. The van der Waals surface area contributed by atoms with E-state index >= 15 is 0 Å². The van der Waals surface area contributed by atoms with Crippen LogP contribution in [0.3, 0.4) is 0 Å². The second kappa shape index (κ2) is 5.07. The molecular formula is C9H17NO3. The third-order valence-electron chi connectivity index (χ3n) is 2.58. The van der Waals surface area contributed by atoms with Crippen LogP contribution in [-0.2, 0) is 4.74 Å². The predicted molar refractivity (Wildman–Crippen MR) is 48.8 cm³/mol. The highest BCUT2D eigenvalue weighted by Crippen LogP contribution is 2.24. The quantitative estimate of drug-likeness (QED) is 0.703. The van der Waals surface area contributed by atoms with Crippen molar-refractivity contribution in [3.63, 3.8) is 0 Å². The smallest absolute Gasteiger partial charge is 0.404 e. The molecule has 4 nitrogen and oxygen atoms in total. The molecule has 76 valence electrons. The third-order valence-corrected chi connectivity index (χ3v) is 2.58. The Bertz CT molecular complexity index is 164. The van der Waals surface area contributed by atoms with Gasteiger partial charge in [-0.3, -0.25) is 0 Å². The predicted octanol–water partition coefficient (Wildman–Crippen LogP) is 1.46. The minimum absolute atomic E-state index is 0.158. The average molecular weight is 187 g/mol. The first-order chi connectivity index (χ1) is 6.22. The van der Waals surface area contributed by atoms with Gasteiger partial charge in [0, 0.05) is 19.8 Å². The largest absolute Gasteiger partial charge is 0.465 e. The van der Waals surface area contributed by atoms with Crippen LogP contribution in [0.5, 0.6) is 0 Å². The van der Waals surface area contributed by atoms with Crippen molar-refractivity contribution in [2.24, 2.45) is 5.92 Å². The zero-order chi connectivity index (χ0) is 9.68. The van der Waals surface area contributed by atoms with Gasteiger partial charge in [-0.15, -0.1) is 0 Å². The summed E-state index contributed by atoms with van der Waals surface area (Å²) >= 11 is 0. The summed E-state index contributed by atoms with van der Waals surface area (Å²) in [6, 6.07) is 0.158. The number of rotatable bonds is 3. The first-order valence-corrected chi connectivity index (χ1v) is 4.70. The normalized spacial score (nSPS) is 28.4. The van der Waals surface area contributed by atoms with E-state index in [1.165, 1.54) is 0 Å². The van der Waals surface area contributed by atoms with Gasteiger partial charge in [-0.2, -0.15) is 0 Å². The topological polar surface area (TPSA) is 58.6 Å². The molecule has 0 heterocycles. The van der Waals surface area contributed by atoms with Crippen molar-refractivity contribution in [1.82, 2.24) is 5.32 Å². The number of ether oxygens (including phenoxy) is 1. The van der Waals surface area contributed by atoms with Gasteiger partial charge in [0.1, 0.15) is 0 Å². The number of nitrogens with one attached hydrogen (secondary N) is 1. The molecule has 0 aliphatic heterocycles. The van der Waals surface area contributed by atoms with Gasteiger partial charge in [-0.1, -0.05) is 0 Å². The maximum Gasteiger partial charge on any atom is 0.404 e. The first kappa shape index (κ1) is 10.3. The lowest BCUT2D eigenvalue weighted by atomic mass is 9.86. The van der Waals surface area contributed by atoms with Crippen LogP contribution in [0.2, 0.25) is 0 Å². The lowest BCUT2D eigenvalue weighted by molar-refractivity contribution is 0.122. The van der Waals surface area contributed by atoms with Gasteiger partial charge in [-0.05, 0) is 31.6 Å². The second-order valence-electron chi connectivity index (χ2n) is 3.62. The molecule has 0 atom stereocenters. The molecule has 0 aromatic carbocycles. The highest BCUT2D eigenvalue weighted by molar-refractivity contribution is 5.64. The van der Waals surface area contributed by atoms with Crippen LogP contribution in [0, 0.1) is 5.92 Å². The Kier molecular flexibility index (Phi) is 4.02. The lowest BCUT2D eigenvalue weighted by Crippen LogP contribution is -2.37. The molecule has 0 aromatic heterocycles. The number of amides is 1. The van der Waals surface area contributed by atoms with Gasteiger partial charge in [-0.25, -0.2) is 4.79 Å². The summed E-state index contributed by atoms with van der Waals surface area (Å²) < 4.78 is 5.06. The van der Waals surface area contributed by atoms with Crippen LogP contribution in [0.4, 0.5) is 4.79 Å². The Morgan fingerprint density at radius 3 is 2.54 bits per heavy atom. The van der Waals surface area contributed by atoms with Crippen LogP contribution in [-0.4, -0.2) is 31.0 Å². The van der Waals surface area contributed by atoms with Gasteiger partial charge < -0.3 is 15.2 Å². The molecule has 1 saturated carbocycles. The Morgan fingerprint density at radius 2 is 2.08 bits per heavy atom. The maximum absolute atomic E-state index is 10.3. The third kappa shape index (κ3) is 3.63. The molecule has 0 saturated heterocycles. The molecule has 1 aliphatic rings.